The van der Waals surface area contributed by atoms with Crippen molar-refractivity contribution < 1.29 is 9.84 Å². The molecule has 114 valence electrons. The SMILES string of the molecule is COc1ccc(Cl)cc1CC1(O)C2CC3CC(C2)CC1C3. The lowest BCUT2D eigenvalue weighted by Crippen LogP contribution is -2.58. The van der Waals surface area contributed by atoms with Gasteiger partial charge >= 0.3 is 0 Å². The summed E-state index contributed by atoms with van der Waals surface area (Å²) in [5, 5.41) is 12.2. The van der Waals surface area contributed by atoms with Crippen LogP contribution in [-0.2, 0) is 6.42 Å². The van der Waals surface area contributed by atoms with Crippen molar-refractivity contribution in [2.45, 2.75) is 44.1 Å². The third kappa shape index (κ3) is 2.19. The predicted molar refractivity (Wildman–Crippen MR) is 83.7 cm³/mol. The van der Waals surface area contributed by atoms with Gasteiger partial charge in [-0.15, -0.1) is 0 Å². The van der Waals surface area contributed by atoms with E-state index in [2.05, 4.69) is 0 Å². The van der Waals surface area contributed by atoms with Crippen molar-refractivity contribution in [1.82, 2.24) is 0 Å². The highest BCUT2D eigenvalue weighted by atomic mass is 35.5. The molecule has 3 heteroatoms. The van der Waals surface area contributed by atoms with Gasteiger partial charge in [-0.2, -0.15) is 0 Å². The number of ether oxygens (including phenoxy) is 1. The van der Waals surface area contributed by atoms with Crippen LogP contribution < -0.4 is 4.74 Å². The van der Waals surface area contributed by atoms with Gasteiger partial charge in [-0.25, -0.2) is 0 Å². The standard InChI is InChI=1S/C18H23ClO2/c1-21-17-3-2-16(19)9-13(17)10-18(20)14-5-11-4-12(7-14)8-15(18)6-11/h2-3,9,11-12,14-15,20H,4-8,10H2,1H3. The van der Waals surface area contributed by atoms with E-state index >= 15 is 0 Å². The second kappa shape index (κ2) is 4.89. The largest absolute Gasteiger partial charge is 0.496 e. The molecule has 0 saturated heterocycles. The van der Waals surface area contributed by atoms with E-state index in [-0.39, 0.29) is 0 Å². The minimum atomic E-state index is -0.550. The van der Waals surface area contributed by atoms with Gasteiger partial charge in [-0.05, 0) is 79.5 Å². The Balaban J connectivity index is 1.66. The topological polar surface area (TPSA) is 29.5 Å². The Bertz CT molecular complexity index is 526. The Morgan fingerprint density at radius 3 is 2.33 bits per heavy atom. The quantitative estimate of drug-likeness (QED) is 0.912. The van der Waals surface area contributed by atoms with Gasteiger partial charge in [0.15, 0.2) is 0 Å². The lowest BCUT2D eigenvalue weighted by molar-refractivity contribution is -0.171. The van der Waals surface area contributed by atoms with Crippen molar-refractivity contribution in [3.63, 3.8) is 0 Å². The van der Waals surface area contributed by atoms with Crippen molar-refractivity contribution in [1.29, 1.82) is 0 Å². The van der Waals surface area contributed by atoms with E-state index in [0.717, 1.165) is 28.2 Å². The number of hydrogen-bond acceptors (Lipinski definition) is 2. The first-order valence-electron chi connectivity index (χ1n) is 8.13. The zero-order valence-electron chi connectivity index (χ0n) is 12.5. The average molecular weight is 307 g/mol. The zero-order valence-corrected chi connectivity index (χ0v) is 13.3. The lowest BCUT2D eigenvalue weighted by atomic mass is 9.49. The van der Waals surface area contributed by atoms with Crippen LogP contribution >= 0.6 is 11.6 Å². The molecule has 4 saturated carbocycles. The van der Waals surface area contributed by atoms with Crippen LogP contribution in [0.5, 0.6) is 5.75 Å². The third-order valence-electron chi connectivity index (χ3n) is 6.27. The molecule has 4 aliphatic rings. The average Bonchev–Trinajstić information content (AvgIpc) is 2.44. The summed E-state index contributed by atoms with van der Waals surface area (Å²) in [6.07, 6.45) is 6.95. The van der Waals surface area contributed by atoms with Crippen molar-refractivity contribution in [3.8, 4) is 5.75 Å². The van der Waals surface area contributed by atoms with Crippen molar-refractivity contribution in [3.05, 3.63) is 28.8 Å². The molecule has 0 aliphatic heterocycles. The molecule has 4 bridgehead atoms. The van der Waals surface area contributed by atoms with E-state index in [1.54, 1.807) is 7.11 Å². The maximum atomic E-state index is 11.5. The maximum absolute atomic E-state index is 11.5. The van der Waals surface area contributed by atoms with Crippen LogP contribution in [0, 0.1) is 23.7 Å². The molecule has 0 atom stereocenters. The summed E-state index contributed by atoms with van der Waals surface area (Å²) in [5.41, 5.74) is 0.505. The molecule has 4 aliphatic carbocycles. The zero-order chi connectivity index (χ0) is 14.6. The summed E-state index contributed by atoms with van der Waals surface area (Å²) in [4.78, 5) is 0. The number of rotatable bonds is 3. The second-order valence-electron chi connectivity index (χ2n) is 7.43. The highest BCUT2D eigenvalue weighted by Crippen LogP contribution is 2.59. The van der Waals surface area contributed by atoms with Crippen molar-refractivity contribution in [2.75, 3.05) is 7.11 Å². The number of aliphatic hydroxyl groups is 1. The van der Waals surface area contributed by atoms with Gasteiger partial charge in [-0.3, -0.25) is 0 Å². The van der Waals surface area contributed by atoms with Crippen LogP contribution in [0.15, 0.2) is 18.2 Å². The second-order valence-corrected chi connectivity index (χ2v) is 7.87. The molecular formula is C18H23ClO2. The smallest absolute Gasteiger partial charge is 0.122 e. The molecule has 0 heterocycles. The molecule has 21 heavy (non-hydrogen) atoms. The predicted octanol–water partition coefficient (Wildman–Crippen LogP) is 4.08. The summed E-state index contributed by atoms with van der Waals surface area (Å²) in [7, 11) is 1.69. The molecule has 1 aromatic rings. The summed E-state index contributed by atoms with van der Waals surface area (Å²) in [6, 6.07) is 5.73. The highest BCUT2D eigenvalue weighted by molar-refractivity contribution is 6.30. The molecule has 0 amide bonds. The summed E-state index contributed by atoms with van der Waals surface area (Å²) < 4.78 is 5.47. The summed E-state index contributed by atoms with van der Waals surface area (Å²) >= 11 is 6.15. The highest BCUT2D eigenvalue weighted by Gasteiger charge is 2.56. The fraction of sp³-hybridized carbons (Fsp3) is 0.667. The first-order chi connectivity index (χ1) is 10.1. The molecule has 0 unspecified atom stereocenters. The number of hydrogen-bond donors (Lipinski definition) is 1. The first-order valence-corrected chi connectivity index (χ1v) is 8.51. The van der Waals surface area contributed by atoms with E-state index in [9.17, 15) is 5.11 Å². The number of methoxy groups -OCH3 is 1. The van der Waals surface area contributed by atoms with E-state index in [4.69, 9.17) is 16.3 Å². The van der Waals surface area contributed by atoms with E-state index < -0.39 is 5.60 Å². The summed E-state index contributed by atoms with van der Waals surface area (Å²) in [5.74, 6) is 3.53. The molecule has 4 fully saturated rings. The Hall–Kier alpha value is -0.730. The molecule has 0 spiro atoms. The van der Waals surface area contributed by atoms with Gasteiger partial charge in [0.2, 0.25) is 0 Å². The van der Waals surface area contributed by atoms with Gasteiger partial charge in [-0.1, -0.05) is 11.6 Å². The van der Waals surface area contributed by atoms with E-state index in [1.165, 1.54) is 32.1 Å². The first kappa shape index (κ1) is 13.9. The lowest BCUT2D eigenvalue weighted by Gasteiger charge is -2.59. The van der Waals surface area contributed by atoms with E-state index in [1.807, 2.05) is 18.2 Å². The molecule has 2 nitrogen and oxygen atoms in total. The Morgan fingerprint density at radius 2 is 1.76 bits per heavy atom. The van der Waals surface area contributed by atoms with Gasteiger partial charge in [0.05, 0.1) is 12.7 Å². The molecule has 5 rings (SSSR count). The Morgan fingerprint density at radius 1 is 1.14 bits per heavy atom. The van der Waals surface area contributed by atoms with Crippen LogP contribution in [0.4, 0.5) is 0 Å². The van der Waals surface area contributed by atoms with Crippen molar-refractivity contribution in [2.24, 2.45) is 23.7 Å². The maximum Gasteiger partial charge on any atom is 0.122 e. The molecule has 1 aromatic carbocycles. The number of benzene rings is 1. The molecular weight excluding hydrogens is 284 g/mol. The molecule has 0 aromatic heterocycles. The van der Waals surface area contributed by atoms with Crippen molar-refractivity contribution >= 4 is 11.6 Å². The monoisotopic (exact) mass is 306 g/mol. The Kier molecular flexibility index (Phi) is 3.24. The minimum absolute atomic E-state index is 0.470. The fourth-order valence-electron chi connectivity index (χ4n) is 5.48. The van der Waals surface area contributed by atoms with Crippen LogP contribution in [-0.4, -0.2) is 17.8 Å². The fourth-order valence-corrected chi connectivity index (χ4v) is 5.67. The minimum Gasteiger partial charge on any atom is -0.496 e. The normalized spacial score (nSPS) is 40.5. The van der Waals surface area contributed by atoms with Gasteiger partial charge in [0, 0.05) is 11.4 Å². The Labute approximate surface area is 131 Å². The van der Waals surface area contributed by atoms with Crippen LogP contribution in [0.3, 0.4) is 0 Å². The van der Waals surface area contributed by atoms with Gasteiger partial charge < -0.3 is 9.84 Å². The van der Waals surface area contributed by atoms with Gasteiger partial charge in [0.25, 0.3) is 0 Å². The molecule has 1 N–H and O–H groups in total. The van der Waals surface area contributed by atoms with E-state index in [0.29, 0.717) is 18.3 Å². The van der Waals surface area contributed by atoms with Crippen LogP contribution in [0.25, 0.3) is 0 Å². The third-order valence-corrected chi connectivity index (χ3v) is 6.50. The summed E-state index contributed by atoms with van der Waals surface area (Å²) in [6.45, 7) is 0. The van der Waals surface area contributed by atoms with Crippen LogP contribution in [0.1, 0.15) is 37.7 Å². The molecule has 0 radical (unpaired) electrons. The van der Waals surface area contributed by atoms with Crippen LogP contribution in [0.2, 0.25) is 5.02 Å². The van der Waals surface area contributed by atoms with Gasteiger partial charge in [0.1, 0.15) is 5.75 Å². The number of halogens is 1.